The number of hydrogen-bond acceptors (Lipinski definition) is 3. The van der Waals surface area contributed by atoms with Crippen LogP contribution in [0, 0.1) is 5.92 Å². The Morgan fingerprint density at radius 3 is 2.95 bits per heavy atom. The SMILES string of the molecule is CN(CCC1CCNC1)c1ccc2[nH]c(=O)[nH]c2c1. The van der Waals surface area contributed by atoms with Gasteiger partial charge in [0.2, 0.25) is 0 Å². The van der Waals surface area contributed by atoms with Gasteiger partial charge in [0.15, 0.2) is 0 Å². The molecule has 5 heteroatoms. The number of benzene rings is 1. The molecule has 0 bridgehead atoms. The summed E-state index contributed by atoms with van der Waals surface area (Å²) in [5.74, 6) is 0.804. The van der Waals surface area contributed by atoms with Crippen LogP contribution in [0.15, 0.2) is 23.0 Å². The van der Waals surface area contributed by atoms with Gasteiger partial charge in [0.25, 0.3) is 0 Å². The van der Waals surface area contributed by atoms with Crippen LogP contribution in [0.1, 0.15) is 12.8 Å². The van der Waals surface area contributed by atoms with E-state index in [1.54, 1.807) is 0 Å². The molecule has 1 aromatic carbocycles. The summed E-state index contributed by atoms with van der Waals surface area (Å²) in [7, 11) is 2.11. The number of fused-ring (bicyclic) bond motifs is 1. The minimum absolute atomic E-state index is 0.146. The predicted molar refractivity (Wildman–Crippen MR) is 77.8 cm³/mol. The third-order valence-corrected chi connectivity index (χ3v) is 3.98. The van der Waals surface area contributed by atoms with Crippen molar-refractivity contribution < 1.29 is 0 Å². The molecule has 0 saturated carbocycles. The van der Waals surface area contributed by atoms with Gasteiger partial charge in [0.05, 0.1) is 11.0 Å². The van der Waals surface area contributed by atoms with E-state index in [-0.39, 0.29) is 5.69 Å². The van der Waals surface area contributed by atoms with Crippen LogP contribution in [-0.4, -0.2) is 36.6 Å². The Bertz CT molecular complexity index is 609. The van der Waals surface area contributed by atoms with Crippen molar-refractivity contribution in [3.63, 3.8) is 0 Å². The van der Waals surface area contributed by atoms with Gasteiger partial charge >= 0.3 is 5.69 Å². The average molecular weight is 260 g/mol. The summed E-state index contributed by atoms with van der Waals surface area (Å²) in [5, 5.41) is 3.40. The molecule has 3 rings (SSSR count). The number of imidazole rings is 1. The largest absolute Gasteiger partial charge is 0.375 e. The Morgan fingerprint density at radius 2 is 2.16 bits per heavy atom. The standard InChI is InChI=1S/C14H20N4O/c1-18(7-5-10-4-6-15-9-10)11-2-3-12-13(8-11)17-14(19)16-12/h2-3,8,10,15H,4-7,9H2,1H3,(H2,16,17,19). The van der Waals surface area contributed by atoms with Gasteiger partial charge in [0.1, 0.15) is 0 Å². The lowest BCUT2D eigenvalue weighted by Gasteiger charge is -2.21. The van der Waals surface area contributed by atoms with Crippen molar-refractivity contribution in [3.05, 3.63) is 28.7 Å². The molecule has 0 amide bonds. The summed E-state index contributed by atoms with van der Waals surface area (Å²) in [6, 6.07) is 6.04. The summed E-state index contributed by atoms with van der Waals surface area (Å²) in [6.07, 6.45) is 2.50. The molecule has 1 fully saturated rings. The van der Waals surface area contributed by atoms with Gasteiger partial charge in [-0.2, -0.15) is 0 Å². The first-order valence-corrected chi connectivity index (χ1v) is 6.86. The second-order valence-electron chi connectivity index (χ2n) is 5.38. The summed E-state index contributed by atoms with van der Waals surface area (Å²) < 4.78 is 0. The van der Waals surface area contributed by atoms with E-state index in [0.717, 1.165) is 42.3 Å². The molecule has 0 aliphatic carbocycles. The molecule has 1 unspecified atom stereocenters. The van der Waals surface area contributed by atoms with Crippen LogP contribution in [0.5, 0.6) is 0 Å². The maximum Gasteiger partial charge on any atom is 0.323 e. The Hall–Kier alpha value is -1.75. The fourth-order valence-corrected chi connectivity index (χ4v) is 2.72. The van der Waals surface area contributed by atoms with Crippen LogP contribution < -0.4 is 15.9 Å². The van der Waals surface area contributed by atoms with Gasteiger partial charge in [-0.25, -0.2) is 4.79 Å². The van der Waals surface area contributed by atoms with E-state index in [4.69, 9.17) is 0 Å². The zero-order chi connectivity index (χ0) is 13.2. The van der Waals surface area contributed by atoms with Crippen molar-refractivity contribution in [1.29, 1.82) is 0 Å². The van der Waals surface area contributed by atoms with Crippen LogP contribution in [0.25, 0.3) is 11.0 Å². The van der Waals surface area contributed by atoms with Crippen molar-refractivity contribution in [2.45, 2.75) is 12.8 Å². The molecule has 5 nitrogen and oxygen atoms in total. The molecular weight excluding hydrogens is 240 g/mol. The highest BCUT2D eigenvalue weighted by molar-refractivity contribution is 5.78. The second kappa shape index (κ2) is 5.09. The first kappa shape index (κ1) is 12.3. The lowest BCUT2D eigenvalue weighted by atomic mass is 10.0. The number of nitrogens with one attached hydrogen (secondary N) is 3. The lowest BCUT2D eigenvalue weighted by Crippen LogP contribution is -2.21. The minimum Gasteiger partial charge on any atom is -0.375 e. The van der Waals surface area contributed by atoms with Gasteiger partial charge in [-0.05, 0) is 50.0 Å². The maximum absolute atomic E-state index is 11.2. The van der Waals surface area contributed by atoms with Crippen molar-refractivity contribution in [2.75, 3.05) is 31.6 Å². The Balaban J connectivity index is 1.69. The smallest absolute Gasteiger partial charge is 0.323 e. The normalized spacial score (nSPS) is 19.1. The fourth-order valence-electron chi connectivity index (χ4n) is 2.72. The van der Waals surface area contributed by atoms with E-state index in [1.165, 1.54) is 12.8 Å². The van der Waals surface area contributed by atoms with Crippen LogP contribution >= 0.6 is 0 Å². The van der Waals surface area contributed by atoms with Crippen LogP contribution in [0.2, 0.25) is 0 Å². The van der Waals surface area contributed by atoms with Crippen molar-refractivity contribution >= 4 is 16.7 Å². The molecule has 19 heavy (non-hydrogen) atoms. The minimum atomic E-state index is -0.146. The summed E-state index contributed by atoms with van der Waals surface area (Å²) >= 11 is 0. The monoisotopic (exact) mass is 260 g/mol. The lowest BCUT2D eigenvalue weighted by molar-refractivity contribution is 0.534. The first-order valence-electron chi connectivity index (χ1n) is 6.86. The zero-order valence-electron chi connectivity index (χ0n) is 11.2. The van der Waals surface area contributed by atoms with Gasteiger partial charge in [-0.15, -0.1) is 0 Å². The highest BCUT2D eigenvalue weighted by Gasteiger charge is 2.15. The number of aromatic amines is 2. The third-order valence-electron chi connectivity index (χ3n) is 3.98. The zero-order valence-corrected chi connectivity index (χ0v) is 11.2. The third kappa shape index (κ3) is 2.66. The molecule has 1 aromatic heterocycles. The molecule has 3 N–H and O–H groups in total. The quantitative estimate of drug-likeness (QED) is 0.776. The van der Waals surface area contributed by atoms with E-state index in [0.29, 0.717) is 0 Å². The maximum atomic E-state index is 11.2. The topological polar surface area (TPSA) is 63.9 Å². The van der Waals surface area contributed by atoms with Gasteiger partial charge in [0, 0.05) is 19.3 Å². The average Bonchev–Trinajstić information content (AvgIpc) is 3.02. The van der Waals surface area contributed by atoms with Crippen LogP contribution in [0.4, 0.5) is 5.69 Å². The number of nitrogens with zero attached hydrogens (tertiary/aromatic N) is 1. The van der Waals surface area contributed by atoms with Crippen molar-refractivity contribution in [2.24, 2.45) is 5.92 Å². The van der Waals surface area contributed by atoms with Gasteiger partial charge < -0.3 is 20.2 Å². The fraction of sp³-hybridized carbons (Fsp3) is 0.500. The first-order chi connectivity index (χ1) is 9.22. The van der Waals surface area contributed by atoms with Crippen molar-refractivity contribution in [3.8, 4) is 0 Å². The number of hydrogen-bond donors (Lipinski definition) is 3. The Kier molecular flexibility index (Phi) is 3.29. The highest BCUT2D eigenvalue weighted by Crippen LogP contribution is 2.20. The molecule has 0 radical (unpaired) electrons. The van der Waals surface area contributed by atoms with E-state index < -0.39 is 0 Å². The number of aromatic nitrogens is 2. The van der Waals surface area contributed by atoms with Crippen LogP contribution in [0.3, 0.4) is 0 Å². The van der Waals surface area contributed by atoms with E-state index >= 15 is 0 Å². The molecule has 102 valence electrons. The van der Waals surface area contributed by atoms with Crippen molar-refractivity contribution in [1.82, 2.24) is 15.3 Å². The summed E-state index contributed by atoms with van der Waals surface area (Å²) in [5.41, 5.74) is 2.74. The second-order valence-corrected chi connectivity index (χ2v) is 5.38. The Morgan fingerprint density at radius 1 is 1.32 bits per heavy atom. The molecule has 1 atom stereocenters. The van der Waals surface area contributed by atoms with E-state index in [1.807, 2.05) is 12.1 Å². The molecule has 1 aliphatic rings. The highest BCUT2D eigenvalue weighted by atomic mass is 16.1. The van der Waals surface area contributed by atoms with Gasteiger partial charge in [-0.3, -0.25) is 0 Å². The predicted octanol–water partition coefficient (Wildman–Crippen LogP) is 1.29. The molecular formula is C14H20N4O. The number of H-pyrrole nitrogens is 2. The molecule has 1 saturated heterocycles. The summed E-state index contributed by atoms with van der Waals surface area (Å²) in [6.45, 7) is 3.36. The molecule has 2 aromatic rings. The van der Waals surface area contributed by atoms with E-state index in [9.17, 15) is 4.79 Å². The van der Waals surface area contributed by atoms with Gasteiger partial charge in [-0.1, -0.05) is 0 Å². The van der Waals surface area contributed by atoms with E-state index in [2.05, 4.69) is 33.3 Å². The number of rotatable bonds is 4. The molecule has 0 spiro atoms. The molecule has 2 heterocycles. The Labute approximate surface area is 112 Å². The number of anilines is 1. The summed E-state index contributed by atoms with van der Waals surface area (Å²) in [4.78, 5) is 19.1. The molecule has 1 aliphatic heterocycles. The van der Waals surface area contributed by atoms with Crippen LogP contribution in [-0.2, 0) is 0 Å².